The van der Waals surface area contributed by atoms with E-state index in [2.05, 4.69) is 46.7 Å². The van der Waals surface area contributed by atoms with E-state index >= 15 is 0 Å². The highest BCUT2D eigenvalue weighted by Crippen LogP contribution is 2.12. The summed E-state index contributed by atoms with van der Waals surface area (Å²) in [4.78, 5) is 7.17. The van der Waals surface area contributed by atoms with E-state index in [0.717, 1.165) is 69.4 Å². The van der Waals surface area contributed by atoms with Gasteiger partial charge >= 0.3 is 0 Å². The minimum absolute atomic E-state index is 0. The van der Waals surface area contributed by atoms with E-state index in [-0.39, 0.29) is 29.8 Å². The Morgan fingerprint density at radius 3 is 2.61 bits per heavy atom. The number of morpholine rings is 1. The van der Waals surface area contributed by atoms with Gasteiger partial charge in [-0.05, 0) is 54.7 Å². The molecule has 0 aliphatic carbocycles. The zero-order valence-electron chi connectivity index (χ0n) is 18.5. The van der Waals surface area contributed by atoms with Gasteiger partial charge in [0.2, 0.25) is 0 Å². The number of aliphatic imine (C=N–C) groups is 1. The summed E-state index contributed by atoms with van der Waals surface area (Å²) in [6.07, 6.45) is 0.825. The number of hydrogen-bond acceptors (Lipinski definition) is 3. The molecule has 0 aromatic heterocycles. The topological polar surface area (TPSA) is 48.9 Å². The third-order valence-corrected chi connectivity index (χ3v) is 5.26. The average Bonchev–Trinajstić information content (AvgIpc) is 2.74. The largest absolute Gasteiger partial charge is 0.379 e. The molecule has 0 spiro atoms. The normalized spacial score (nSPS) is 14.7. The molecule has 0 unspecified atom stereocenters. The molecule has 170 valence electrons. The number of benzene rings is 2. The molecule has 0 amide bonds. The average molecular weight is 540 g/mol. The lowest BCUT2D eigenvalue weighted by atomic mass is 10.1. The van der Waals surface area contributed by atoms with Crippen molar-refractivity contribution in [3.8, 4) is 0 Å². The first-order valence-electron chi connectivity index (χ1n) is 10.8. The van der Waals surface area contributed by atoms with Crippen molar-refractivity contribution in [2.24, 2.45) is 4.99 Å². The van der Waals surface area contributed by atoms with Crippen LogP contribution in [0.3, 0.4) is 0 Å². The lowest BCUT2D eigenvalue weighted by Gasteiger charge is -2.26. The third kappa shape index (κ3) is 8.74. The summed E-state index contributed by atoms with van der Waals surface area (Å²) in [5.41, 5.74) is 4.65. The van der Waals surface area contributed by atoms with Gasteiger partial charge in [-0.25, -0.2) is 9.38 Å². The molecule has 2 aromatic carbocycles. The molecule has 1 aliphatic rings. The molecule has 0 atom stereocenters. The van der Waals surface area contributed by atoms with Crippen molar-refractivity contribution in [1.82, 2.24) is 15.5 Å². The van der Waals surface area contributed by atoms with E-state index in [0.29, 0.717) is 6.54 Å². The van der Waals surface area contributed by atoms with Crippen molar-refractivity contribution in [3.63, 3.8) is 0 Å². The van der Waals surface area contributed by atoms with E-state index in [1.165, 1.54) is 17.2 Å². The maximum Gasteiger partial charge on any atom is 0.191 e. The molecule has 3 rings (SSSR count). The van der Waals surface area contributed by atoms with Crippen molar-refractivity contribution >= 4 is 29.9 Å². The van der Waals surface area contributed by atoms with Gasteiger partial charge in [0.1, 0.15) is 5.82 Å². The van der Waals surface area contributed by atoms with Crippen LogP contribution in [-0.2, 0) is 24.2 Å². The van der Waals surface area contributed by atoms with Crippen LogP contribution < -0.4 is 10.6 Å². The number of nitrogens with one attached hydrogen (secondary N) is 2. The highest BCUT2D eigenvalue weighted by atomic mass is 127. The van der Waals surface area contributed by atoms with E-state index < -0.39 is 0 Å². The number of halogens is 2. The lowest BCUT2D eigenvalue weighted by Crippen LogP contribution is -2.38. The fourth-order valence-corrected chi connectivity index (χ4v) is 3.61. The second-order valence-electron chi connectivity index (χ2n) is 7.65. The van der Waals surface area contributed by atoms with Crippen LogP contribution in [0.4, 0.5) is 4.39 Å². The highest BCUT2D eigenvalue weighted by molar-refractivity contribution is 14.0. The van der Waals surface area contributed by atoms with E-state index in [1.54, 1.807) is 6.07 Å². The second-order valence-corrected chi connectivity index (χ2v) is 7.65. The number of hydrogen-bond donors (Lipinski definition) is 2. The molecule has 0 radical (unpaired) electrons. The Hall–Kier alpha value is -1.71. The van der Waals surface area contributed by atoms with Gasteiger partial charge in [-0.2, -0.15) is 0 Å². The van der Waals surface area contributed by atoms with E-state index in [9.17, 15) is 4.39 Å². The number of nitrogens with zero attached hydrogens (tertiary/aromatic N) is 2. The summed E-state index contributed by atoms with van der Waals surface area (Å²) in [6.45, 7) is 10.8. The second kappa shape index (κ2) is 13.6. The molecule has 31 heavy (non-hydrogen) atoms. The smallest absolute Gasteiger partial charge is 0.191 e. The molecule has 2 aromatic rings. The Balaban J connectivity index is 0.00000341. The Kier molecular flexibility index (Phi) is 11.2. The van der Waals surface area contributed by atoms with Crippen LogP contribution in [0.15, 0.2) is 47.5 Å². The third-order valence-electron chi connectivity index (χ3n) is 5.26. The molecule has 0 saturated carbocycles. The molecule has 1 saturated heterocycles. The fraction of sp³-hybridized carbons (Fsp3) is 0.458. The monoisotopic (exact) mass is 540 g/mol. The van der Waals surface area contributed by atoms with E-state index in [1.807, 2.05) is 13.0 Å². The Bertz CT molecular complexity index is 840. The summed E-state index contributed by atoms with van der Waals surface area (Å²) in [6, 6.07) is 13.6. The Morgan fingerprint density at radius 2 is 1.87 bits per heavy atom. The van der Waals surface area contributed by atoms with Crippen LogP contribution in [-0.4, -0.2) is 50.3 Å². The van der Waals surface area contributed by atoms with E-state index in [4.69, 9.17) is 9.73 Å². The van der Waals surface area contributed by atoms with Crippen LogP contribution in [0, 0.1) is 12.7 Å². The summed E-state index contributed by atoms with van der Waals surface area (Å²) >= 11 is 0. The molecule has 1 fully saturated rings. The molecular weight excluding hydrogens is 506 g/mol. The standard InChI is InChI=1S/C24H33FN4O.HI/c1-3-26-24(27-10-9-22-7-8-23(25)15-19(22)2)28-17-20-5-4-6-21(16-20)18-29-11-13-30-14-12-29;/h4-8,15-16H,3,9-14,17-18H2,1-2H3,(H2,26,27,28);1H. The Morgan fingerprint density at radius 1 is 1.10 bits per heavy atom. The summed E-state index contributed by atoms with van der Waals surface area (Å²) in [5.74, 6) is 0.616. The summed E-state index contributed by atoms with van der Waals surface area (Å²) < 4.78 is 18.7. The zero-order valence-corrected chi connectivity index (χ0v) is 20.8. The van der Waals surface area contributed by atoms with Gasteiger partial charge in [-0.1, -0.05) is 30.3 Å². The SMILES string of the molecule is CCNC(=NCc1cccc(CN2CCOCC2)c1)NCCc1ccc(F)cc1C.I. The van der Waals surface area contributed by atoms with Gasteiger partial charge in [0.15, 0.2) is 5.96 Å². The van der Waals surface area contributed by atoms with Gasteiger partial charge in [-0.3, -0.25) is 4.90 Å². The summed E-state index contributed by atoms with van der Waals surface area (Å²) in [5, 5.41) is 6.68. The first kappa shape index (κ1) is 25.5. The van der Waals surface area contributed by atoms with Gasteiger partial charge in [-0.15, -0.1) is 24.0 Å². The van der Waals surface area contributed by atoms with Gasteiger partial charge in [0.25, 0.3) is 0 Å². The minimum Gasteiger partial charge on any atom is -0.379 e. The van der Waals surface area contributed by atoms with Crippen LogP contribution in [0.25, 0.3) is 0 Å². The van der Waals surface area contributed by atoms with Crippen molar-refractivity contribution in [3.05, 3.63) is 70.5 Å². The summed E-state index contributed by atoms with van der Waals surface area (Å²) in [7, 11) is 0. The predicted octanol–water partition coefficient (Wildman–Crippen LogP) is 3.88. The molecule has 2 N–H and O–H groups in total. The van der Waals surface area contributed by atoms with Crippen LogP contribution in [0.2, 0.25) is 0 Å². The number of guanidine groups is 1. The van der Waals surface area contributed by atoms with Crippen molar-refractivity contribution < 1.29 is 9.13 Å². The van der Waals surface area contributed by atoms with Crippen molar-refractivity contribution in [2.75, 3.05) is 39.4 Å². The van der Waals surface area contributed by atoms with Gasteiger partial charge in [0, 0.05) is 32.7 Å². The van der Waals surface area contributed by atoms with Gasteiger partial charge < -0.3 is 15.4 Å². The highest BCUT2D eigenvalue weighted by Gasteiger charge is 2.10. The molecule has 7 heteroatoms. The number of aryl methyl sites for hydroxylation is 1. The molecule has 1 heterocycles. The lowest BCUT2D eigenvalue weighted by molar-refractivity contribution is 0.0342. The predicted molar refractivity (Wildman–Crippen MR) is 136 cm³/mol. The van der Waals surface area contributed by atoms with Crippen LogP contribution in [0.1, 0.15) is 29.2 Å². The maximum absolute atomic E-state index is 13.3. The quantitative estimate of drug-likeness (QED) is 0.303. The first-order valence-corrected chi connectivity index (χ1v) is 10.8. The van der Waals surface area contributed by atoms with Crippen LogP contribution in [0.5, 0.6) is 0 Å². The first-order chi connectivity index (χ1) is 14.6. The molecule has 1 aliphatic heterocycles. The Labute approximate surface area is 202 Å². The fourth-order valence-electron chi connectivity index (χ4n) is 3.61. The number of ether oxygens (including phenoxy) is 1. The van der Waals surface area contributed by atoms with Crippen molar-refractivity contribution in [2.45, 2.75) is 33.4 Å². The minimum atomic E-state index is -0.185. The number of rotatable bonds is 8. The maximum atomic E-state index is 13.3. The van der Waals surface area contributed by atoms with Crippen molar-refractivity contribution in [1.29, 1.82) is 0 Å². The molecule has 0 bridgehead atoms. The van der Waals surface area contributed by atoms with Gasteiger partial charge in [0.05, 0.1) is 19.8 Å². The molecule has 5 nitrogen and oxygen atoms in total. The zero-order chi connectivity index (χ0) is 21.2. The molecular formula is C24H34FIN4O. The van der Waals surface area contributed by atoms with Crippen LogP contribution >= 0.6 is 24.0 Å².